The van der Waals surface area contributed by atoms with Crippen molar-refractivity contribution in [1.29, 1.82) is 0 Å². The van der Waals surface area contributed by atoms with Gasteiger partial charge in [-0.2, -0.15) is 0 Å². The number of nitrogens with zero attached hydrogens (tertiary/aromatic N) is 3. The van der Waals surface area contributed by atoms with Gasteiger partial charge in [-0.1, -0.05) is 12.1 Å². The second-order valence-corrected chi connectivity index (χ2v) is 9.54. The van der Waals surface area contributed by atoms with Crippen LogP contribution in [-0.4, -0.2) is 59.9 Å². The van der Waals surface area contributed by atoms with E-state index in [1.54, 1.807) is 13.2 Å². The number of imidazole rings is 1. The largest absolute Gasteiger partial charge is 0.494 e. The van der Waals surface area contributed by atoms with Crippen molar-refractivity contribution in [3.05, 3.63) is 66.2 Å². The van der Waals surface area contributed by atoms with Crippen molar-refractivity contribution in [2.24, 2.45) is 4.99 Å². The van der Waals surface area contributed by atoms with Crippen LogP contribution in [0.25, 0.3) is 22.4 Å². The molecule has 0 unspecified atom stereocenters. The molecule has 1 amide bonds. The molecule has 38 heavy (non-hydrogen) atoms. The van der Waals surface area contributed by atoms with Gasteiger partial charge < -0.3 is 24.1 Å². The number of benzene rings is 3. The predicted molar refractivity (Wildman–Crippen MR) is 147 cm³/mol. The summed E-state index contributed by atoms with van der Waals surface area (Å²) in [5.41, 5.74) is 4.19. The lowest BCUT2D eigenvalue weighted by Gasteiger charge is -2.20. The van der Waals surface area contributed by atoms with Gasteiger partial charge in [-0.25, -0.2) is 4.98 Å². The molecular formula is C30H30N4O4. The van der Waals surface area contributed by atoms with Crippen LogP contribution in [0.4, 0.5) is 5.69 Å². The highest BCUT2D eigenvalue weighted by Gasteiger charge is 2.32. The van der Waals surface area contributed by atoms with E-state index in [9.17, 15) is 4.79 Å². The third-order valence-corrected chi connectivity index (χ3v) is 7.04. The minimum atomic E-state index is 0.00705. The summed E-state index contributed by atoms with van der Waals surface area (Å²) in [6.07, 6.45) is 5.50. The third-order valence-electron chi connectivity index (χ3n) is 7.04. The summed E-state index contributed by atoms with van der Waals surface area (Å²) in [5, 5.41) is 0. The Bertz CT molecular complexity index is 1440. The van der Waals surface area contributed by atoms with E-state index < -0.39 is 0 Å². The number of H-pyrrole nitrogens is 1. The number of hydrogen-bond donors (Lipinski definition) is 1. The Morgan fingerprint density at radius 1 is 1.00 bits per heavy atom. The molecule has 2 aliphatic rings. The molecule has 4 aromatic rings. The lowest BCUT2D eigenvalue weighted by atomic mass is 10.1. The van der Waals surface area contributed by atoms with Crippen LogP contribution in [0.15, 0.2) is 65.7 Å². The van der Waals surface area contributed by atoms with Crippen molar-refractivity contribution in [2.45, 2.75) is 31.7 Å². The number of rotatable bonds is 9. The number of fused-ring (bicyclic) bond motifs is 3. The third kappa shape index (κ3) is 4.81. The SMILES string of the molecule is COc1cc2c(cc1OCCCCOc1ccc(-c3nc4ccccc4[nH]3)cc1)N=C[C@@H]1CCCN1C2=O. The van der Waals surface area contributed by atoms with Crippen LogP contribution in [0.2, 0.25) is 0 Å². The summed E-state index contributed by atoms with van der Waals surface area (Å²) in [4.78, 5) is 27.5. The van der Waals surface area contributed by atoms with Gasteiger partial charge in [0.15, 0.2) is 11.5 Å². The van der Waals surface area contributed by atoms with Crippen molar-refractivity contribution in [3.63, 3.8) is 0 Å². The summed E-state index contributed by atoms with van der Waals surface area (Å²) in [5.74, 6) is 2.82. The minimum Gasteiger partial charge on any atom is -0.494 e. The molecule has 0 radical (unpaired) electrons. The first-order chi connectivity index (χ1) is 18.7. The van der Waals surface area contributed by atoms with E-state index in [1.165, 1.54) is 0 Å². The smallest absolute Gasteiger partial charge is 0.256 e. The first-order valence-corrected chi connectivity index (χ1v) is 13.1. The summed E-state index contributed by atoms with van der Waals surface area (Å²) < 4.78 is 17.5. The second kappa shape index (κ2) is 10.6. The number of methoxy groups -OCH3 is 1. The van der Waals surface area contributed by atoms with Crippen LogP contribution < -0.4 is 14.2 Å². The summed E-state index contributed by atoms with van der Waals surface area (Å²) in [6.45, 7) is 1.86. The number of carbonyl (C=O) groups excluding carboxylic acids is 1. The number of nitrogens with one attached hydrogen (secondary N) is 1. The fraction of sp³-hybridized carbons (Fsp3) is 0.300. The molecule has 0 spiro atoms. The fourth-order valence-corrected chi connectivity index (χ4v) is 5.00. The van der Waals surface area contributed by atoms with Gasteiger partial charge in [-0.3, -0.25) is 9.79 Å². The maximum absolute atomic E-state index is 13.0. The summed E-state index contributed by atoms with van der Waals surface area (Å²) in [6, 6.07) is 19.6. The lowest BCUT2D eigenvalue weighted by Crippen LogP contribution is -2.35. The highest BCUT2D eigenvalue weighted by Crippen LogP contribution is 2.38. The molecule has 0 aliphatic carbocycles. The molecule has 3 heterocycles. The van der Waals surface area contributed by atoms with Crippen molar-refractivity contribution >= 4 is 28.8 Å². The number of unbranched alkanes of at least 4 members (excludes halogenated alkanes) is 1. The predicted octanol–water partition coefficient (Wildman–Crippen LogP) is 5.80. The van der Waals surface area contributed by atoms with Gasteiger partial charge in [-0.15, -0.1) is 0 Å². The van der Waals surface area contributed by atoms with E-state index in [0.717, 1.165) is 60.4 Å². The average molecular weight is 511 g/mol. The second-order valence-electron chi connectivity index (χ2n) is 9.54. The molecule has 8 nitrogen and oxygen atoms in total. The van der Waals surface area contributed by atoms with Gasteiger partial charge in [0.25, 0.3) is 5.91 Å². The van der Waals surface area contributed by atoms with Gasteiger partial charge in [0, 0.05) is 24.4 Å². The number of aromatic nitrogens is 2. The van der Waals surface area contributed by atoms with E-state index >= 15 is 0 Å². The number of aliphatic imine (C=N–C) groups is 1. The number of aromatic amines is 1. The van der Waals surface area contributed by atoms with Crippen molar-refractivity contribution in [2.75, 3.05) is 26.9 Å². The number of para-hydroxylation sites is 2. The zero-order valence-electron chi connectivity index (χ0n) is 21.4. The number of carbonyl (C=O) groups is 1. The molecule has 1 saturated heterocycles. The molecule has 1 fully saturated rings. The van der Waals surface area contributed by atoms with E-state index in [2.05, 4.69) is 15.0 Å². The molecular weight excluding hydrogens is 480 g/mol. The molecule has 1 aromatic heterocycles. The van der Waals surface area contributed by atoms with E-state index in [-0.39, 0.29) is 11.9 Å². The Morgan fingerprint density at radius 3 is 2.63 bits per heavy atom. The number of hydrogen-bond acceptors (Lipinski definition) is 6. The monoisotopic (exact) mass is 510 g/mol. The first-order valence-electron chi connectivity index (χ1n) is 13.1. The maximum atomic E-state index is 13.0. The molecule has 1 N–H and O–H groups in total. The van der Waals surface area contributed by atoms with Crippen LogP contribution in [0.3, 0.4) is 0 Å². The minimum absolute atomic E-state index is 0.00705. The molecule has 0 bridgehead atoms. The molecule has 194 valence electrons. The molecule has 1 atom stereocenters. The number of amides is 1. The Labute approximate surface area is 221 Å². The molecule has 0 saturated carbocycles. The highest BCUT2D eigenvalue weighted by atomic mass is 16.5. The van der Waals surface area contributed by atoms with Gasteiger partial charge in [0.1, 0.15) is 11.6 Å². The zero-order valence-corrected chi connectivity index (χ0v) is 21.4. The van der Waals surface area contributed by atoms with E-state index in [1.807, 2.05) is 65.7 Å². The average Bonchev–Trinajstić information content (AvgIpc) is 3.58. The molecule has 3 aromatic carbocycles. The molecule has 2 aliphatic heterocycles. The lowest BCUT2D eigenvalue weighted by molar-refractivity contribution is 0.0774. The van der Waals surface area contributed by atoms with Crippen LogP contribution in [0.5, 0.6) is 17.2 Å². The Balaban J connectivity index is 1.00. The number of ether oxygens (including phenoxy) is 3. The van der Waals surface area contributed by atoms with Crippen LogP contribution in [0, 0.1) is 0 Å². The topological polar surface area (TPSA) is 89.0 Å². The zero-order chi connectivity index (χ0) is 25.9. The Hall–Kier alpha value is -4.33. The standard InChI is InChI=1S/C30H30N4O4/c1-36-27-17-23-26(31-19-21-7-6-14-34(21)30(23)35)18-28(27)38-16-5-4-15-37-22-12-10-20(11-13-22)29-32-24-8-2-3-9-25(24)33-29/h2-3,8-13,17-19,21H,4-7,14-16H2,1H3,(H,32,33)/t21-/m0/s1. The van der Waals surface area contributed by atoms with Gasteiger partial charge in [-0.05, 0) is 68.1 Å². The van der Waals surface area contributed by atoms with Crippen LogP contribution >= 0.6 is 0 Å². The first kappa shape index (κ1) is 24.0. The summed E-state index contributed by atoms with van der Waals surface area (Å²) in [7, 11) is 1.59. The Morgan fingerprint density at radius 2 is 1.82 bits per heavy atom. The van der Waals surface area contributed by atoms with E-state index in [4.69, 9.17) is 14.2 Å². The van der Waals surface area contributed by atoms with Crippen LogP contribution in [-0.2, 0) is 0 Å². The Kier molecular flexibility index (Phi) is 6.69. The normalized spacial score (nSPS) is 16.3. The quantitative estimate of drug-likeness (QED) is 0.288. The van der Waals surface area contributed by atoms with Crippen molar-refractivity contribution in [3.8, 4) is 28.6 Å². The van der Waals surface area contributed by atoms with Crippen molar-refractivity contribution in [1.82, 2.24) is 14.9 Å². The van der Waals surface area contributed by atoms with E-state index in [0.29, 0.717) is 36.0 Å². The van der Waals surface area contributed by atoms with Crippen molar-refractivity contribution < 1.29 is 19.0 Å². The van der Waals surface area contributed by atoms with Gasteiger partial charge in [0.2, 0.25) is 0 Å². The maximum Gasteiger partial charge on any atom is 0.256 e. The van der Waals surface area contributed by atoms with Gasteiger partial charge >= 0.3 is 0 Å². The summed E-state index contributed by atoms with van der Waals surface area (Å²) >= 11 is 0. The molecule has 6 rings (SSSR count). The van der Waals surface area contributed by atoms with Crippen LogP contribution in [0.1, 0.15) is 36.0 Å². The molecule has 8 heteroatoms. The highest BCUT2D eigenvalue weighted by molar-refractivity contribution is 6.03. The fourth-order valence-electron chi connectivity index (χ4n) is 5.00. The van der Waals surface area contributed by atoms with Gasteiger partial charge in [0.05, 0.1) is 48.6 Å².